The van der Waals surface area contributed by atoms with E-state index in [1.54, 1.807) is 6.20 Å². The molecule has 2 amide bonds. The van der Waals surface area contributed by atoms with Gasteiger partial charge in [-0.05, 0) is 44.5 Å². The third-order valence-corrected chi connectivity index (χ3v) is 5.86. The fraction of sp³-hybridized carbons (Fsp3) is 0.476. The van der Waals surface area contributed by atoms with Gasteiger partial charge in [0.2, 0.25) is 0 Å². The highest BCUT2D eigenvalue weighted by atomic mass is 35.5. The molecule has 2 atom stereocenters. The molecule has 2 saturated heterocycles. The Morgan fingerprint density at radius 3 is 2.86 bits per heavy atom. The number of halogens is 1. The first-order chi connectivity index (χ1) is 13.6. The molecular weight excluding hydrogens is 390 g/mol. The Bertz CT molecular complexity index is 924. The van der Waals surface area contributed by atoms with E-state index in [-0.39, 0.29) is 30.6 Å². The first-order valence-electron chi connectivity index (χ1n) is 9.99. The molecule has 0 aliphatic carbocycles. The van der Waals surface area contributed by atoms with Gasteiger partial charge in [-0.3, -0.25) is 9.88 Å². The maximum absolute atomic E-state index is 13.5. The van der Waals surface area contributed by atoms with Gasteiger partial charge in [0.05, 0.1) is 30.1 Å². The van der Waals surface area contributed by atoms with Crippen LogP contribution in [0.15, 0.2) is 30.5 Å². The Balaban J connectivity index is 0.00000205. The summed E-state index contributed by atoms with van der Waals surface area (Å²) in [6.45, 7) is 7.70. The maximum Gasteiger partial charge on any atom is 0.326 e. The summed E-state index contributed by atoms with van der Waals surface area (Å²) in [5, 5.41) is 0. The summed E-state index contributed by atoms with van der Waals surface area (Å²) < 4.78 is 5.62. The van der Waals surface area contributed by atoms with Gasteiger partial charge in [0.1, 0.15) is 0 Å². The summed E-state index contributed by atoms with van der Waals surface area (Å²) in [5.74, 6) is 0.782. The number of hydrogen-bond acceptors (Lipinski definition) is 5. The monoisotopic (exact) mass is 415 g/mol. The zero-order chi connectivity index (χ0) is 19.3. The minimum atomic E-state index is 0. The van der Waals surface area contributed by atoms with Crippen LogP contribution in [-0.4, -0.2) is 65.8 Å². The molecule has 3 aliphatic rings. The van der Waals surface area contributed by atoms with Crippen LogP contribution in [0.5, 0.6) is 0 Å². The predicted octanol–water partition coefficient (Wildman–Crippen LogP) is 3.11. The van der Waals surface area contributed by atoms with Crippen LogP contribution in [0.1, 0.15) is 19.0 Å². The van der Waals surface area contributed by atoms with Crippen molar-refractivity contribution >= 4 is 29.9 Å². The Labute approximate surface area is 177 Å². The van der Waals surface area contributed by atoms with Crippen LogP contribution < -0.4 is 9.80 Å². The fourth-order valence-corrected chi connectivity index (χ4v) is 4.47. The Kier molecular flexibility index (Phi) is 5.36. The highest BCUT2D eigenvalue weighted by Crippen LogP contribution is 2.40. The lowest BCUT2D eigenvalue weighted by Crippen LogP contribution is -2.55. The van der Waals surface area contributed by atoms with Crippen molar-refractivity contribution in [1.29, 1.82) is 0 Å². The molecule has 2 bridgehead atoms. The van der Waals surface area contributed by atoms with E-state index >= 15 is 0 Å². The summed E-state index contributed by atoms with van der Waals surface area (Å²) >= 11 is 0. The summed E-state index contributed by atoms with van der Waals surface area (Å²) in [5.41, 5.74) is 3.91. The van der Waals surface area contributed by atoms with Gasteiger partial charge in [-0.15, -0.1) is 12.4 Å². The van der Waals surface area contributed by atoms with Gasteiger partial charge in [-0.1, -0.05) is 0 Å². The van der Waals surface area contributed by atoms with Crippen LogP contribution in [0.25, 0.3) is 11.3 Å². The van der Waals surface area contributed by atoms with E-state index in [4.69, 9.17) is 9.72 Å². The summed E-state index contributed by atoms with van der Waals surface area (Å²) in [6, 6.07) is 8.39. The van der Waals surface area contributed by atoms with Gasteiger partial charge in [-0.25, -0.2) is 9.78 Å². The SMILES string of the molecule is Cc1cc(-c2ccc3c(n2)N(C(=O)N2CCO[C@H](C)C2)[C@H]2CCN3C2)ccn1.Cl. The first-order valence-corrected chi connectivity index (χ1v) is 9.99. The molecule has 0 saturated carbocycles. The Morgan fingerprint density at radius 2 is 2.07 bits per heavy atom. The number of anilines is 2. The number of aryl methyl sites for hydroxylation is 1. The molecule has 5 rings (SSSR count). The van der Waals surface area contributed by atoms with E-state index in [0.717, 1.165) is 48.0 Å². The zero-order valence-electron chi connectivity index (χ0n) is 16.7. The standard InChI is InChI=1S/C21H25N5O2.ClH/c1-14-11-16(5-7-22-14)18-3-4-19-20(23-18)26(17-6-8-24(19)13-17)21(27)25-9-10-28-15(2)12-25;/h3-5,7,11,15,17H,6,8-10,12-13H2,1-2H3;1H/t15-,17+;/m1./s1. The van der Waals surface area contributed by atoms with E-state index in [1.165, 1.54) is 0 Å². The van der Waals surface area contributed by atoms with E-state index in [2.05, 4.69) is 16.0 Å². The number of pyridine rings is 2. The summed E-state index contributed by atoms with van der Waals surface area (Å²) in [7, 11) is 0. The van der Waals surface area contributed by atoms with Crippen molar-refractivity contribution in [3.63, 3.8) is 0 Å². The number of fused-ring (bicyclic) bond motifs is 4. The molecule has 0 unspecified atom stereocenters. The van der Waals surface area contributed by atoms with Crippen molar-refractivity contribution < 1.29 is 9.53 Å². The van der Waals surface area contributed by atoms with Crippen molar-refractivity contribution in [2.75, 3.05) is 42.6 Å². The van der Waals surface area contributed by atoms with Crippen molar-refractivity contribution in [2.24, 2.45) is 0 Å². The highest BCUT2D eigenvalue weighted by molar-refractivity contribution is 5.97. The largest absolute Gasteiger partial charge is 0.375 e. The number of aromatic nitrogens is 2. The number of carbonyl (C=O) groups is 1. The molecular formula is C21H26ClN5O2. The topological polar surface area (TPSA) is 61.8 Å². The van der Waals surface area contributed by atoms with E-state index in [0.29, 0.717) is 19.7 Å². The molecule has 2 fully saturated rings. The van der Waals surface area contributed by atoms with Crippen molar-refractivity contribution in [2.45, 2.75) is 32.4 Å². The molecule has 5 heterocycles. The first kappa shape index (κ1) is 19.9. The van der Waals surface area contributed by atoms with Crippen LogP contribution in [0.3, 0.4) is 0 Å². The molecule has 0 N–H and O–H groups in total. The number of morpholine rings is 1. The van der Waals surface area contributed by atoms with Crippen LogP contribution >= 0.6 is 12.4 Å². The fourth-order valence-electron chi connectivity index (χ4n) is 4.47. The molecule has 2 aromatic rings. The van der Waals surface area contributed by atoms with Gasteiger partial charge in [0, 0.05) is 43.6 Å². The number of rotatable bonds is 1. The van der Waals surface area contributed by atoms with E-state index in [1.807, 2.05) is 41.8 Å². The van der Waals surface area contributed by atoms with Crippen molar-refractivity contribution in [3.05, 3.63) is 36.2 Å². The lowest BCUT2D eigenvalue weighted by Gasteiger charge is -2.40. The second-order valence-corrected chi connectivity index (χ2v) is 7.89. The van der Waals surface area contributed by atoms with E-state index < -0.39 is 0 Å². The zero-order valence-corrected chi connectivity index (χ0v) is 17.6. The maximum atomic E-state index is 13.5. The molecule has 154 valence electrons. The highest BCUT2D eigenvalue weighted by Gasteiger charge is 2.42. The van der Waals surface area contributed by atoms with Gasteiger partial charge in [0.15, 0.2) is 5.82 Å². The molecule has 8 heteroatoms. The molecule has 29 heavy (non-hydrogen) atoms. The van der Waals surface area contributed by atoms with Gasteiger partial charge >= 0.3 is 6.03 Å². The van der Waals surface area contributed by atoms with Crippen LogP contribution in [0.4, 0.5) is 16.3 Å². The number of hydrogen-bond donors (Lipinski definition) is 0. The third-order valence-electron chi connectivity index (χ3n) is 5.86. The van der Waals surface area contributed by atoms with Crippen molar-refractivity contribution in [1.82, 2.24) is 14.9 Å². The number of carbonyl (C=O) groups excluding carboxylic acids is 1. The lowest BCUT2D eigenvalue weighted by molar-refractivity contribution is -0.00265. The smallest absolute Gasteiger partial charge is 0.326 e. The van der Waals surface area contributed by atoms with Crippen LogP contribution in [0.2, 0.25) is 0 Å². The molecule has 3 aliphatic heterocycles. The number of urea groups is 1. The van der Waals surface area contributed by atoms with Gasteiger partial charge in [-0.2, -0.15) is 0 Å². The summed E-state index contributed by atoms with van der Waals surface area (Å²) in [4.78, 5) is 28.9. The second kappa shape index (κ2) is 7.80. The minimum Gasteiger partial charge on any atom is -0.375 e. The van der Waals surface area contributed by atoms with E-state index in [9.17, 15) is 4.79 Å². The van der Waals surface area contributed by atoms with Crippen molar-refractivity contribution in [3.8, 4) is 11.3 Å². The van der Waals surface area contributed by atoms with Crippen LogP contribution in [-0.2, 0) is 4.74 Å². The third kappa shape index (κ3) is 3.53. The molecule has 7 nitrogen and oxygen atoms in total. The number of amides is 2. The molecule has 0 radical (unpaired) electrons. The number of ether oxygens (including phenoxy) is 1. The number of nitrogens with zero attached hydrogens (tertiary/aromatic N) is 5. The summed E-state index contributed by atoms with van der Waals surface area (Å²) in [6.07, 6.45) is 2.85. The normalized spacial score (nSPS) is 22.9. The second-order valence-electron chi connectivity index (χ2n) is 7.89. The lowest BCUT2D eigenvalue weighted by atomic mass is 10.1. The quantitative estimate of drug-likeness (QED) is 0.716. The molecule has 0 spiro atoms. The van der Waals surface area contributed by atoms with Gasteiger partial charge < -0.3 is 14.5 Å². The molecule has 0 aromatic carbocycles. The van der Waals surface area contributed by atoms with Crippen LogP contribution in [0, 0.1) is 6.92 Å². The molecule has 2 aromatic heterocycles. The Morgan fingerprint density at radius 1 is 1.21 bits per heavy atom. The average molecular weight is 416 g/mol. The Hall–Kier alpha value is -2.38. The average Bonchev–Trinajstić information content (AvgIpc) is 3.12. The van der Waals surface area contributed by atoms with Gasteiger partial charge in [0.25, 0.3) is 0 Å². The predicted molar refractivity (Wildman–Crippen MR) is 115 cm³/mol. The minimum absolute atomic E-state index is 0.